The highest BCUT2D eigenvalue weighted by Gasteiger charge is 2.40. The van der Waals surface area contributed by atoms with Crippen LogP contribution in [0.1, 0.15) is 34.1 Å². The number of ether oxygens (including phenoxy) is 2. The Morgan fingerprint density at radius 3 is 2.36 bits per heavy atom. The average molecular weight is 505 g/mol. The summed E-state index contributed by atoms with van der Waals surface area (Å²) in [4.78, 5) is 52.1. The molecule has 9 heteroatoms. The van der Waals surface area contributed by atoms with Gasteiger partial charge in [0.05, 0.1) is 23.1 Å². The minimum Gasteiger partial charge on any atom is -0.494 e. The van der Waals surface area contributed by atoms with Gasteiger partial charge in [0.2, 0.25) is 11.8 Å². The summed E-state index contributed by atoms with van der Waals surface area (Å²) in [6, 6.07) is 19.6. The van der Waals surface area contributed by atoms with Crippen molar-refractivity contribution in [2.45, 2.75) is 23.5 Å². The molecule has 8 nitrogen and oxygen atoms in total. The summed E-state index contributed by atoms with van der Waals surface area (Å²) < 4.78 is 10.5. The second kappa shape index (κ2) is 11.1. The molecular formula is C27H24N2O6S. The molecule has 1 aliphatic heterocycles. The minimum atomic E-state index is -0.685. The lowest BCUT2D eigenvalue weighted by molar-refractivity contribution is -0.121. The number of nitrogens with zero attached hydrogens (tertiary/aromatic N) is 1. The summed E-state index contributed by atoms with van der Waals surface area (Å²) in [7, 11) is 0. The summed E-state index contributed by atoms with van der Waals surface area (Å²) in [5.74, 6) is -1.04. The summed E-state index contributed by atoms with van der Waals surface area (Å²) >= 11 is 1.29. The first kappa shape index (κ1) is 25.0. The van der Waals surface area contributed by atoms with Crippen molar-refractivity contribution in [3.8, 4) is 5.75 Å². The van der Waals surface area contributed by atoms with E-state index in [0.717, 1.165) is 9.80 Å². The highest BCUT2D eigenvalue weighted by Crippen LogP contribution is 2.34. The number of nitrogens with two attached hydrogens (primary N) is 1. The second-order valence-corrected chi connectivity index (χ2v) is 9.23. The Morgan fingerprint density at radius 2 is 1.69 bits per heavy atom. The standard InChI is InChI=1S/C27H24N2O6S/c1-2-34-21-12-8-17(9-13-21)23(30)16-35-27(33)18-6-10-20(11-7-18)29-25(31)15-24(26(29)32)36-22-5-3-4-19(28)14-22/h3-14,24H,2,15-16,28H2,1H3/t24-/m0/s1. The van der Waals surface area contributed by atoms with Crippen LogP contribution >= 0.6 is 11.8 Å². The van der Waals surface area contributed by atoms with Gasteiger partial charge in [0, 0.05) is 22.6 Å². The molecule has 0 bridgehead atoms. The molecular weight excluding hydrogens is 480 g/mol. The third-order valence-electron chi connectivity index (χ3n) is 5.42. The Labute approximate surface area is 212 Å². The predicted molar refractivity (Wildman–Crippen MR) is 136 cm³/mol. The molecule has 3 aromatic carbocycles. The van der Waals surface area contributed by atoms with Crippen molar-refractivity contribution in [1.82, 2.24) is 0 Å². The number of hydrogen-bond donors (Lipinski definition) is 1. The molecule has 3 aromatic rings. The number of thioether (sulfide) groups is 1. The lowest BCUT2D eigenvalue weighted by atomic mass is 10.1. The van der Waals surface area contributed by atoms with Crippen LogP contribution in [-0.4, -0.2) is 42.0 Å². The van der Waals surface area contributed by atoms with Crippen LogP contribution in [0.15, 0.2) is 77.7 Å². The Kier molecular flexibility index (Phi) is 7.70. The van der Waals surface area contributed by atoms with Crippen LogP contribution in [0.5, 0.6) is 5.75 Å². The van der Waals surface area contributed by atoms with Gasteiger partial charge < -0.3 is 15.2 Å². The van der Waals surface area contributed by atoms with E-state index < -0.39 is 17.8 Å². The third-order valence-corrected chi connectivity index (χ3v) is 6.60. The molecule has 1 fully saturated rings. The van der Waals surface area contributed by atoms with Crippen LogP contribution in [0.25, 0.3) is 0 Å². The van der Waals surface area contributed by atoms with Crippen LogP contribution in [0.3, 0.4) is 0 Å². The molecule has 36 heavy (non-hydrogen) atoms. The molecule has 2 amide bonds. The Hall–Kier alpha value is -4.11. The van der Waals surface area contributed by atoms with Crippen molar-refractivity contribution >= 4 is 46.7 Å². The van der Waals surface area contributed by atoms with Gasteiger partial charge in [-0.25, -0.2) is 9.69 Å². The smallest absolute Gasteiger partial charge is 0.338 e. The molecule has 1 heterocycles. The number of hydrogen-bond acceptors (Lipinski definition) is 8. The second-order valence-electron chi connectivity index (χ2n) is 7.95. The minimum absolute atomic E-state index is 0.0652. The number of imide groups is 1. The molecule has 0 aromatic heterocycles. The predicted octanol–water partition coefficient (Wildman–Crippen LogP) is 4.13. The summed E-state index contributed by atoms with van der Waals surface area (Å²) in [5.41, 5.74) is 7.34. The number of amides is 2. The van der Waals surface area contributed by atoms with E-state index in [2.05, 4.69) is 0 Å². The van der Waals surface area contributed by atoms with Gasteiger partial charge in [-0.3, -0.25) is 14.4 Å². The van der Waals surface area contributed by atoms with Crippen molar-refractivity contribution in [3.63, 3.8) is 0 Å². The maximum absolute atomic E-state index is 12.9. The third kappa shape index (κ3) is 5.75. The fourth-order valence-electron chi connectivity index (χ4n) is 3.67. The molecule has 0 spiro atoms. The first-order chi connectivity index (χ1) is 17.4. The number of benzene rings is 3. The summed E-state index contributed by atoms with van der Waals surface area (Å²) in [5, 5.41) is -0.558. The number of ketones is 1. The Balaban J connectivity index is 1.35. The zero-order chi connectivity index (χ0) is 25.7. The zero-order valence-corrected chi connectivity index (χ0v) is 20.3. The number of carbonyl (C=O) groups excluding carboxylic acids is 4. The molecule has 0 radical (unpaired) electrons. The van der Waals surface area contributed by atoms with E-state index in [4.69, 9.17) is 15.2 Å². The van der Waals surface area contributed by atoms with E-state index >= 15 is 0 Å². The monoisotopic (exact) mass is 504 g/mol. The van der Waals surface area contributed by atoms with Crippen LogP contribution in [0.2, 0.25) is 0 Å². The van der Waals surface area contributed by atoms with E-state index in [0.29, 0.717) is 29.3 Å². The van der Waals surface area contributed by atoms with Gasteiger partial charge in [-0.15, -0.1) is 11.8 Å². The van der Waals surface area contributed by atoms with E-state index in [1.165, 1.54) is 36.0 Å². The lowest BCUT2D eigenvalue weighted by Crippen LogP contribution is -2.31. The highest BCUT2D eigenvalue weighted by molar-refractivity contribution is 8.00. The average Bonchev–Trinajstić information content (AvgIpc) is 3.15. The van der Waals surface area contributed by atoms with E-state index in [9.17, 15) is 19.2 Å². The first-order valence-electron chi connectivity index (χ1n) is 11.3. The van der Waals surface area contributed by atoms with Crippen molar-refractivity contribution in [2.75, 3.05) is 23.8 Å². The number of Topliss-reactive ketones (excluding diaryl/α,β-unsaturated/α-hetero) is 1. The molecule has 0 unspecified atom stereocenters. The number of carbonyl (C=O) groups is 4. The zero-order valence-electron chi connectivity index (χ0n) is 19.5. The molecule has 1 aliphatic rings. The summed E-state index contributed by atoms with van der Waals surface area (Å²) in [6.45, 7) is 1.97. The molecule has 4 rings (SSSR count). The van der Waals surface area contributed by atoms with Gasteiger partial charge in [0.25, 0.3) is 0 Å². The fraction of sp³-hybridized carbons (Fsp3) is 0.185. The number of esters is 1. The molecule has 1 atom stereocenters. The molecule has 184 valence electrons. The normalized spacial score (nSPS) is 15.1. The molecule has 2 N–H and O–H groups in total. The van der Waals surface area contributed by atoms with Gasteiger partial charge in [-0.1, -0.05) is 6.07 Å². The van der Waals surface area contributed by atoms with Crippen molar-refractivity contribution < 1.29 is 28.7 Å². The SMILES string of the molecule is CCOc1ccc(C(=O)COC(=O)c2ccc(N3C(=O)C[C@H](Sc4cccc(N)c4)C3=O)cc2)cc1. The summed E-state index contributed by atoms with van der Waals surface area (Å²) in [6.07, 6.45) is 0.0652. The van der Waals surface area contributed by atoms with Gasteiger partial charge in [0.15, 0.2) is 12.4 Å². The maximum Gasteiger partial charge on any atom is 0.338 e. The van der Waals surface area contributed by atoms with Gasteiger partial charge in [0.1, 0.15) is 5.75 Å². The Bertz CT molecular complexity index is 1290. The van der Waals surface area contributed by atoms with Gasteiger partial charge >= 0.3 is 5.97 Å². The maximum atomic E-state index is 12.9. The molecule has 0 aliphatic carbocycles. The molecule has 1 saturated heterocycles. The van der Waals surface area contributed by atoms with Gasteiger partial charge in [-0.2, -0.15) is 0 Å². The number of anilines is 2. The topological polar surface area (TPSA) is 116 Å². The largest absolute Gasteiger partial charge is 0.494 e. The highest BCUT2D eigenvalue weighted by atomic mass is 32.2. The number of rotatable bonds is 9. The van der Waals surface area contributed by atoms with E-state index in [1.807, 2.05) is 13.0 Å². The van der Waals surface area contributed by atoms with Gasteiger partial charge in [-0.05, 0) is 73.7 Å². The van der Waals surface area contributed by atoms with Crippen LogP contribution in [0.4, 0.5) is 11.4 Å². The van der Waals surface area contributed by atoms with Crippen LogP contribution < -0.4 is 15.4 Å². The van der Waals surface area contributed by atoms with E-state index in [-0.39, 0.29) is 29.6 Å². The van der Waals surface area contributed by atoms with Crippen molar-refractivity contribution in [2.24, 2.45) is 0 Å². The van der Waals surface area contributed by atoms with Crippen LogP contribution in [0, 0.1) is 0 Å². The van der Waals surface area contributed by atoms with Crippen molar-refractivity contribution in [3.05, 3.63) is 83.9 Å². The fourth-order valence-corrected chi connectivity index (χ4v) is 4.79. The van der Waals surface area contributed by atoms with Crippen LogP contribution in [-0.2, 0) is 14.3 Å². The lowest BCUT2D eigenvalue weighted by Gasteiger charge is -2.15. The quantitative estimate of drug-likeness (QED) is 0.200. The molecule has 0 saturated carbocycles. The first-order valence-corrected chi connectivity index (χ1v) is 12.2. The number of nitrogen functional groups attached to an aromatic ring is 1. The Morgan fingerprint density at radius 1 is 1.00 bits per heavy atom. The van der Waals surface area contributed by atoms with Crippen molar-refractivity contribution in [1.29, 1.82) is 0 Å². The van der Waals surface area contributed by atoms with E-state index in [1.54, 1.807) is 42.5 Å².